The number of aromatic nitrogens is 2. The molecule has 0 saturated heterocycles. The zero-order chi connectivity index (χ0) is 13.1. The molecule has 2 N–H and O–H groups in total. The van der Waals surface area contributed by atoms with Gasteiger partial charge in [0.15, 0.2) is 12.1 Å². The molecule has 0 fully saturated rings. The molecule has 1 aromatic carbocycles. The van der Waals surface area contributed by atoms with Crippen LogP contribution in [0.5, 0.6) is 5.75 Å². The minimum atomic E-state index is -0.438. The van der Waals surface area contributed by atoms with Crippen LogP contribution in [0.25, 0.3) is 11.4 Å². The highest BCUT2D eigenvalue weighted by Gasteiger charge is 2.11. The molecule has 0 radical (unpaired) electrons. The number of halogens is 1. The summed E-state index contributed by atoms with van der Waals surface area (Å²) >= 11 is 0. The van der Waals surface area contributed by atoms with Gasteiger partial charge < -0.3 is 10.5 Å². The number of methoxy groups -OCH3 is 1. The number of nitrogen functional groups attached to an aromatic ring is 1. The van der Waals surface area contributed by atoms with E-state index in [2.05, 4.69) is 9.97 Å². The normalized spacial score (nSPS) is 10.1. The summed E-state index contributed by atoms with van der Waals surface area (Å²) < 4.78 is 18.3. The summed E-state index contributed by atoms with van der Waals surface area (Å²) in [5.41, 5.74) is 6.15. The summed E-state index contributed by atoms with van der Waals surface area (Å²) in [6, 6.07) is 3.98. The first-order chi connectivity index (χ1) is 8.65. The Labute approximate surface area is 102 Å². The van der Waals surface area contributed by atoms with Crippen LogP contribution in [0.3, 0.4) is 0 Å². The topological polar surface area (TPSA) is 78.1 Å². The number of nitrogens with zero attached hydrogens (tertiary/aromatic N) is 2. The number of carbonyl (C=O) groups is 1. The van der Waals surface area contributed by atoms with E-state index in [4.69, 9.17) is 10.5 Å². The van der Waals surface area contributed by atoms with Crippen molar-refractivity contribution in [3.8, 4) is 17.1 Å². The molecular weight excluding hydrogens is 237 g/mol. The van der Waals surface area contributed by atoms with Gasteiger partial charge in [0.2, 0.25) is 0 Å². The Morgan fingerprint density at radius 3 is 2.83 bits per heavy atom. The molecule has 0 atom stereocenters. The number of benzene rings is 1. The smallest absolute Gasteiger partial charge is 0.165 e. The van der Waals surface area contributed by atoms with Crippen molar-refractivity contribution in [3.63, 3.8) is 0 Å². The number of hydrogen-bond acceptors (Lipinski definition) is 5. The molecule has 0 unspecified atom stereocenters. The van der Waals surface area contributed by atoms with Gasteiger partial charge in [0.25, 0.3) is 0 Å². The molecule has 0 aliphatic carbocycles. The van der Waals surface area contributed by atoms with E-state index >= 15 is 0 Å². The molecule has 0 aliphatic heterocycles. The van der Waals surface area contributed by atoms with Gasteiger partial charge in [-0.15, -0.1) is 0 Å². The summed E-state index contributed by atoms with van der Waals surface area (Å²) in [4.78, 5) is 18.5. The van der Waals surface area contributed by atoms with Gasteiger partial charge in [0.05, 0.1) is 18.2 Å². The zero-order valence-corrected chi connectivity index (χ0v) is 9.55. The van der Waals surface area contributed by atoms with Crippen LogP contribution in [0.2, 0.25) is 0 Å². The zero-order valence-electron chi connectivity index (χ0n) is 9.55. The number of rotatable bonds is 3. The third kappa shape index (κ3) is 2.13. The maximum atomic E-state index is 13.2. The lowest BCUT2D eigenvalue weighted by Crippen LogP contribution is -2.01. The molecule has 0 spiro atoms. The van der Waals surface area contributed by atoms with Crippen LogP contribution in [0.4, 0.5) is 10.2 Å². The fraction of sp³-hybridized carbons (Fsp3) is 0.0833. The van der Waals surface area contributed by atoms with Gasteiger partial charge in [-0.2, -0.15) is 0 Å². The van der Waals surface area contributed by atoms with Crippen LogP contribution in [0.1, 0.15) is 10.4 Å². The van der Waals surface area contributed by atoms with Crippen molar-refractivity contribution in [2.24, 2.45) is 0 Å². The predicted molar refractivity (Wildman–Crippen MR) is 63.8 cm³/mol. The van der Waals surface area contributed by atoms with Crippen molar-refractivity contribution in [1.82, 2.24) is 9.97 Å². The minimum Gasteiger partial charge on any atom is -0.496 e. The van der Waals surface area contributed by atoms with E-state index in [9.17, 15) is 9.18 Å². The van der Waals surface area contributed by atoms with E-state index in [0.29, 0.717) is 17.6 Å². The van der Waals surface area contributed by atoms with E-state index < -0.39 is 5.82 Å². The molecule has 2 rings (SSSR count). The van der Waals surface area contributed by atoms with Gasteiger partial charge >= 0.3 is 0 Å². The Morgan fingerprint density at radius 2 is 2.22 bits per heavy atom. The number of carbonyl (C=O) groups excluding carboxylic acids is 1. The summed E-state index contributed by atoms with van der Waals surface area (Å²) in [7, 11) is 1.46. The van der Waals surface area contributed by atoms with E-state index in [1.54, 1.807) is 0 Å². The van der Waals surface area contributed by atoms with Crippen LogP contribution >= 0.6 is 0 Å². The third-order valence-corrected chi connectivity index (χ3v) is 2.38. The molecule has 18 heavy (non-hydrogen) atoms. The van der Waals surface area contributed by atoms with Crippen molar-refractivity contribution >= 4 is 12.1 Å². The number of nitrogens with two attached hydrogens (primary N) is 1. The number of ether oxygens (including phenoxy) is 1. The first kappa shape index (κ1) is 12.0. The minimum absolute atomic E-state index is 0.0429. The number of hydrogen-bond donors (Lipinski definition) is 1. The van der Waals surface area contributed by atoms with E-state index in [1.807, 2.05) is 0 Å². The van der Waals surface area contributed by atoms with Crippen molar-refractivity contribution in [3.05, 3.63) is 35.8 Å². The maximum Gasteiger partial charge on any atom is 0.165 e. The summed E-state index contributed by atoms with van der Waals surface area (Å²) in [6.45, 7) is 0. The lowest BCUT2D eigenvalue weighted by molar-refractivity contribution is 0.112. The van der Waals surface area contributed by atoms with Crippen molar-refractivity contribution in [2.75, 3.05) is 12.8 Å². The number of aldehydes is 1. The fourth-order valence-corrected chi connectivity index (χ4v) is 1.48. The second kappa shape index (κ2) is 4.79. The Bertz CT molecular complexity index is 602. The molecule has 1 heterocycles. The van der Waals surface area contributed by atoms with Gasteiger partial charge in [0, 0.05) is 6.20 Å². The summed E-state index contributed by atoms with van der Waals surface area (Å²) in [5, 5.41) is 0. The van der Waals surface area contributed by atoms with Crippen molar-refractivity contribution in [1.29, 1.82) is 0 Å². The molecule has 92 valence electrons. The first-order valence-electron chi connectivity index (χ1n) is 5.07. The third-order valence-electron chi connectivity index (χ3n) is 2.38. The molecule has 1 aromatic heterocycles. The SMILES string of the molecule is COc1ccc(F)cc1-c1ncc(C=O)c(N)n1. The van der Waals surface area contributed by atoms with Crippen LogP contribution < -0.4 is 10.5 Å². The summed E-state index contributed by atoms with van der Waals surface area (Å²) in [5.74, 6) is 0.234. The highest BCUT2D eigenvalue weighted by Crippen LogP contribution is 2.28. The highest BCUT2D eigenvalue weighted by atomic mass is 19.1. The second-order valence-corrected chi connectivity index (χ2v) is 3.50. The Morgan fingerprint density at radius 1 is 1.44 bits per heavy atom. The van der Waals surface area contributed by atoms with E-state index in [1.165, 1.54) is 31.5 Å². The summed E-state index contributed by atoms with van der Waals surface area (Å²) in [6.07, 6.45) is 1.84. The highest BCUT2D eigenvalue weighted by molar-refractivity contribution is 5.81. The molecule has 5 nitrogen and oxygen atoms in total. The van der Waals surface area contributed by atoms with Crippen LogP contribution in [-0.2, 0) is 0 Å². The van der Waals surface area contributed by atoms with Crippen LogP contribution in [0, 0.1) is 5.82 Å². The molecule has 0 aliphatic rings. The molecule has 2 aromatic rings. The lowest BCUT2D eigenvalue weighted by atomic mass is 10.1. The molecule has 0 bridgehead atoms. The maximum absolute atomic E-state index is 13.2. The quantitative estimate of drug-likeness (QED) is 0.835. The second-order valence-electron chi connectivity index (χ2n) is 3.50. The monoisotopic (exact) mass is 247 g/mol. The van der Waals surface area contributed by atoms with Crippen LogP contribution in [0.15, 0.2) is 24.4 Å². The molecule has 0 saturated carbocycles. The average Bonchev–Trinajstić information content (AvgIpc) is 2.38. The standard InChI is InChI=1S/C12H10FN3O2/c1-18-10-3-2-8(13)4-9(10)12-15-5-7(6-17)11(14)16-12/h2-6H,1H3,(H2,14,15,16). The van der Waals surface area contributed by atoms with Gasteiger partial charge in [-0.25, -0.2) is 14.4 Å². The van der Waals surface area contributed by atoms with Gasteiger partial charge in [-0.3, -0.25) is 4.79 Å². The largest absolute Gasteiger partial charge is 0.496 e. The van der Waals surface area contributed by atoms with Crippen molar-refractivity contribution < 1.29 is 13.9 Å². The number of anilines is 1. The molecule has 0 amide bonds. The first-order valence-corrected chi connectivity index (χ1v) is 5.07. The van der Waals surface area contributed by atoms with Gasteiger partial charge in [-0.1, -0.05) is 0 Å². The Balaban J connectivity index is 2.57. The Kier molecular flexibility index (Phi) is 3.18. The van der Waals surface area contributed by atoms with Gasteiger partial charge in [0.1, 0.15) is 17.4 Å². The Hall–Kier alpha value is -2.50. The van der Waals surface area contributed by atoms with Gasteiger partial charge in [-0.05, 0) is 18.2 Å². The average molecular weight is 247 g/mol. The van der Waals surface area contributed by atoms with Crippen LogP contribution in [-0.4, -0.2) is 23.4 Å². The lowest BCUT2D eigenvalue weighted by Gasteiger charge is -2.08. The van der Waals surface area contributed by atoms with Crippen molar-refractivity contribution in [2.45, 2.75) is 0 Å². The van der Waals surface area contributed by atoms with E-state index in [0.717, 1.165) is 0 Å². The predicted octanol–water partition coefficient (Wildman–Crippen LogP) is 1.69. The fourth-order valence-electron chi connectivity index (χ4n) is 1.48. The van der Waals surface area contributed by atoms with E-state index in [-0.39, 0.29) is 17.2 Å². The molecule has 6 heteroatoms. The molecular formula is C12H10FN3O2.